The second kappa shape index (κ2) is 7.36. The minimum Gasteiger partial charge on any atom is -0.267 e. The number of nitrogens with one attached hydrogen (secondary N) is 2. The monoisotopic (exact) mass is 362 g/mol. The van der Waals surface area contributed by atoms with Crippen molar-refractivity contribution in [3.8, 4) is 0 Å². The van der Waals surface area contributed by atoms with Crippen LogP contribution in [0.15, 0.2) is 30.3 Å². The Bertz CT molecular complexity index is 772. The predicted octanol–water partition coefficient (Wildman–Crippen LogP) is 3.99. The molecule has 0 fully saturated rings. The molecule has 126 valence electrons. The highest BCUT2D eigenvalue weighted by molar-refractivity contribution is 7.14. The van der Waals surface area contributed by atoms with E-state index in [1.807, 2.05) is 6.07 Å². The van der Waals surface area contributed by atoms with Crippen molar-refractivity contribution >= 4 is 34.8 Å². The van der Waals surface area contributed by atoms with Crippen molar-refractivity contribution < 1.29 is 9.59 Å². The van der Waals surface area contributed by atoms with E-state index >= 15 is 0 Å². The number of hydrogen-bond acceptors (Lipinski definition) is 3. The second-order valence-electron chi connectivity index (χ2n) is 5.99. The van der Waals surface area contributed by atoms with E-state index in [1.165, 1.54) is 34.6 Å². The molecule has 1 aliphatic carbocycles. The van der Waals surface area contributed by atoms with Crippen molar-refractivity contribution in [3.63, 3.8) is 0 Å². The maximum atomic E-state index is 12.3. The maximum absolute atomic E-state index is 12.3. The number of aryl methyl sites for hydroxylation is 1. The van der Waals surface area contributed by atoms with Crippen LogP contribution in [0.3, 0.4) is 0 Å². The fraction of sp³-hybridized carbons (Fsp3) is 0.333. The highest BCUT2D eigenvalue weighted by Crippen LogP contribution is 2.33. The van der Waals surface area contributed by atoms with Gasteiger partial charge in [-0.25, -0.2) is 0 Å². The molecule has 0 bridgehead atoms. The van der Waals surface area contributed by atoms with Crippen molar-refractivity contribution in [3.05, 3.63) is 56.2 Å². The fourth-order valence-corrected chi connectivity index (χ4v) is 4.23. The number of thiophene rings is 1. The highest BCUT2D eigenvalue weighted by Gasteiger charge is 2.22. The molecule has 1 heterocycles. The van der Waals surface area contributed by atoms with Crippen molar-refractivity contribution in [2.24, 2.45) is 5.92 Å². The van der Waals surface area contributed by atoms with E-state index in [9.17, 15) is 9.59 Å². The van der Waals surface area contributed by atoms with Crippen molar-refractivity contribution in [1.82, 2.24) is 10.9 Å². The molecule has 0 saturated carbocycles. The summed E-state index contributed by atoms with van der Waals surface area (Å²) < 4.78 is 0. The number of benzene rings is 1. The number of carbonyl (C=O) groups excluding carboxylic acids is 2. The van der Waals surface area contributed by atoms with Crippen LogP contribution >= 0.6 is 22.9 Å². The smallest absolute Gasteiger partial charge is 0.267 e. The van der Waals surface area contributed by atoms with Gasteiger partial charge in [-0.3, -0.25) is 20.4 Å². The van der Waals surface area contributed by atoms with Gasteiger partial charge in [0.2, 0.25) is 0 Å². The van der Waals surface area contributed by atoms with Gasteiger partial charge in [-0.1, -0.05) is 31.0 Å². The van der Waals surface area contributed by atoms with Crippen LogP contribution in [-0.2, 0) is 12.8 Å². The van der Waals surface area contributed by atoms with Gasteiger partial charge in [-0.15, -0.1) is 11.3 Å². The molecule has 0 unspecified atom stereocenters. The molecule has 2 N–H and O–H groups in total. The Morgan fingerprint density at radius 2 is 2.04 bits per heavy atom. The summed E-state index contributed by atoms with van der Waals surface area (Å²) in [5.41, 5.74) is 6.60. The molecule has 1 aromatic heterocycles. The Kier molecular flexibility index (Phi) is 5.21. The second-order valence-corrected chi connectivity index (χ2v) is 7.57. The maximum Gasteiger partial charge on any atom is 0.279 e. The van der Waals surface area contributed by atoms with Crippen LogP contribution < -0.4 is 10.9 Å². The summed E-state index contributed by atoms with van der Waals surface area (Å²) in [6.45, 7) is 2.21. The Morgan fingerprint density at radius 3 is 2.79 bits per heavy atom. The van der Waals surface area contributed by atoms with E-state index in [-0.39, 0.29) is 5.91 Å². The third-order valence-corrected chi connectivity index (χ3v) is 5.83. The lowest BCUT2D eigenvalue weighted by Crippen LogP contribution is -2.41. The van der Waals surface area contributed by atoms with E-state index in [1.54, 1.807) is 24.3 Å². The average molecular weight is 363 g/mol. The topological polar surface area (TPSA) is 58.2 Å². The lowest BCUT2D eigenvalue weighted by Gasteiger charge is -2.19. The molecular weight excluding hydrogens is 344 g/mol. The van der Waals surface area contributed by atoms with Gasteiger partial charge >= 0.3 is 0 Å². The molecule has 2 aromatic rings. The van der Waals surface area contributed by atoms with Crippen LogP contribution in [0.5, 0.6) is 0 Å². The molecule has 0 spiro atoms. The quantitative estimate of drug-likeness (QED) is 0.811. The third-order valence-electron chi connectivity index (χ3n) is 4.36. The molecule has 6 heteroatoms. The van der Waals surface area contributed by atoms with E-state index in [2.05, 4.69) is 17.8 Å². The Labute approximate surface area is 150 Å². The van der Waals surface area contributed by atoms with E-state index in [0.717, 1.165) is 12.8 Å². The Morgan fingerprint density at radius 1 is 1.25 bits per heavy atom. The van der Waals surface area contributed by atoms with Crippen LogP contribution in [0.1, 0.15) is 50.2 Å². The standard InChI is InChI=1S/C18H19ClN2O2S/c1-2-11-6-7-15-13(8-11)10-16(24-15)18(23)21-20-17(22)12-4-3-5-14(19)9-12/h3-5,9-11H,2,6-8H2,1H3,(H,20,22)(H,21,23)/t11-/m0/s1. The number of rotatable bonds is 3. The molecule has 3 rings (SSSR count). The zero-order chi connectivity index (χ0) is 17.1. The lowest BCUT2D eigenvalue weighted by molar-refractivity contribution is 0.0849. The van der Waals surface area contributed by atoms with Gasteiger partial charge in [-0.2, -0.15) is 0 Å². The molecule has 4 nitrogen and oxygen atoms in total. The van der Waals surface area contributed by atoms with E-state index in [0.29, 0.717) is 21.4 Å². The van der Waals surface area contributed by atoms with Gasteiger partial charge in [0.25, 0.3) is 11.8 Å². The summed E-state index contributed by atoms with van der Waals surface area (Å²) in [5.74, 6) is 0.0431. The number of carbonyl (C=O) groups is 2. The van der Waals surface area contributed by atoms with Crippen molar-refractivity contribution in [2.75, 3.05) is 0 Å². The van der Waals surface area contributed by atoms with Gasteiger partial charge < -0.3 is 0 Å². The predicted molar refractivity (Wildman–Crippen MR) is 96.5 cm³/mol. The molecule has 2 amide bonds. The van der Waals surface area contributed by atoms with Crippen LogP contribution in [0.2, 0.25) is 5.02 Å². The average Bonchev–Trinajstić information content (AvgIpc) is 3.02. The first-order valence-corrected chi connectivity index (χ1v) is 9.24. The molecule has 1 aliphatic rings. The van der Waals surface area contributed by atoms with E-state index < -0.39 is 5.91 Å². The minimum atomic E-state index is -0.391. The number of fused-ring (bicyclic) bond motifs is 1. The first kappa shape index (κ1) is 17.0. The Hall–Kier alpha value is -1.85. The van der Waals surface area contributed by atoms with Crippen LogP contribution in [-0.4, -0.2) is 11.8 Å². The molecule has 24 heavy (non-hydrogen) atoms. The Balaban J connectivity index is 1.62. The summed E-state index contributed by atoms with van der Waals surface area (Å²) in [6, 6.07) is 8.54. The largest absolute Gasteiger partial charge is 0.279 e. The lowest BCUT2D eigenvalue weighted by atomic mass is 9.87. The summed E-state index contributed by atoms with van der Waals surface area (Å²) in [6.07, 6.45) is 4.45. The van der Waals surface area contributed by atoms with Gasteiger partial charge in [0, 0.05) is 15.5 Å². The normalized spacial score (nSPS) is 16.3. The minimum absolute atomic E-state index is 0.280. The van der Waals surface area contributed by atoms with Crippen LogP contribution in [0, 0.1) is 5.92 Å². The van der Waals surface area contributed by atoms with E-state index in [4.69, 9.17) is 11.6 Å². The fourth-order valence-electron chi connectivity index (χ4n) is 2.94. The number of halogens is 1. The van der Waals surface area contributed by atoms with Crippen molar-refractivity contribution in [2.45, 2.75) is 32.6 Å². The van der Waals surface area contributed by atoms with Crippen LogP contribution in [0.4, 0.5) is 0 Å². The first-order chi connectivity index (χ1) is 11.6. The first-order valence-electron chi connectivity index (χ1n) is 8.04. The molecule has 0 saturated heterocycles. The van der Waals surface area contributed by atoms with Gasteiger partial charge in [0.05, 0.1) is 4.88 Å². The van der Waals surface area contributed by atoms with Crippen molar-refractivity contribution in [1.29, 1.82) is 0 Å². The summed E-state index contributed by atoms with van der Waals surface area (Å²) in [7, 11) is 0. The SMILES string of the molecule is CC[C@H]1CCc2sc(C(=O)NNC(=O)c3cccc(Cl)c3)cc2C1. The summed E-state index contributed by atoms with van der Waals surface area (Å²) >= 11 is 7.38. The number of amides is 2. The van der Waals surface area contributed by atoms with Gasteiger partial charge in [0.15, 0.2) is 0 Å². The van der Waals surface area contributed by atoms with Gasteiger partial charge in [0.1, 0.15) is 0 Å². The molecule has 1 aromatic carbocycles. The van der Waals surface area contributed by atoms with Gasteiger partial charge in [-0.05, 0) is 55.0 Å². The highest BCUT2D eigenvalue weighted by atomic mass is 35.5. The molecule has 0 radical (unpaired) electrons. The molecule has 0 aliphatic heterocycles. The van der Waals surface area contributed by atoms with Crippen LogP contribution in [0.25, 0.3) is 0 Å². The molecular formula is C18H19ClN2O2S. The summed E-state index contributed by atoms with van der Waals surface area (Å²) in [5, 5.41) is 0.477. The summed E-state index contributed by atoms with van der Waals surface area (Å²) in [4.78, 5) is 26.2. The number of hydrogen-bond donors (Lipinski definition) is 2. The molecule has 1 atom stereocenters. The zero-order valence-corrected chi connectivity index (χ0v) is 15.0. The zero-order valence-electron chi connectivity index (χ0n) is 13.4. The third kappa shape index (κ3) is 3.79. The number of hydrazine groups is 1.